The zero-order chi connectivity index (χ0) is 24.2. The van der Waals surface area contributed by atoms with E-state index < -0.39 is 6.09 Å². The Morgan fingerprint density at radius 2 is 1.69 bits per heavy atom. The summed E-state index contributed by atoms with van der Waals surface area (Å²) in [5.74, 6) is 1.41. The van der Waals surface area contributed by atoms with Crippen molar-refractivity contribution in [2.45, 2.75) is 18.9 Å². The molecule has 1 aliphatic heterocycles. The highest BCUT2D eigenvalue weighted by molar-refractivity contribution is 5.77. The van der Waals surface area contributed by atoms with Gasteiger partial charge in [0.1, 0.15) is 5.82 Å². The second kappa shape index (κ2) is 7.93. The summed E-state index contributed by atoms with van der Waals surface area (Å²) in [6, 6.07) is 8.38. The number of hydrogen-bond acceptors (Lipinski definition) is 6. The van der Waals surface area contributed by atoms with Crippen LogP contribution in [0.1, 0.15) is 12.8 Å². The lowest BCUT2D eigenvalue weighted by molar-refractivity contribution is -0.0519. The van der Waals surface area contributed by atoms with Gasteiger partial charge in [0.25, 0.3) is 0 Å². The largest absolute Gasteiger partial charge is 0.465 e. The molecule has 1 saturated carbocycles. The lowest BCUT2D eigenvalue weighted by Gasteiger charge is -2.58. The summed E-state index contributed by atoms with van der Waals surface area (Å²) in [4.78, 5) is 22.3. The summed E-state index contributed by atoms with van der Waals surface area (Å²) in [5.41, 5.74) is 4.97. The molecule has 2 aliphatic rings. The van der Waals surface area contributed by atoms with Crippen LogP contribution in [0, 0.1) is 5.41 Å². The number of hydrogen-bond donors (Lipinski definition) is 2. The number of nitrogens with one attached hydrogen (secondary N) is 1. The fourth-order valence-corrected chi connectivity index (χ4v) is 5.25. The Labute approximate surface area is 202 Å². The highest BCUT2D eigenvalue weighted by Crippen LogP contribution is 2.49. The average molecular weight is 471 g/mol. The molecule has 10 nitrogen and oxygen atoms in total. The van der Waals surface area contributed by atoms with E-state index in [0.717, 1.165) is 46.5 Å². The number of anilines is 1. The number of nitrogens with zero attached hydrogens (tertiary/aromatic N) is 7. The Bertz CT molecular complexity index is 1410. The van der Waals surface area contributed by atoms with Crippen LogP contribution < -0.4 is 5.32 Å². The molecule has 4 aromatic rings. The zero-order valence-corrected chi connectivity index (χ0v) is 19.6. The van der Waals surface area contributed by atoms with Crippen molar-refractivity contribution in [3.63, 3.8) is 0 Å². The Balaban J connectivity index is 1.29. The van der Waals surface area contributed by atoms with E-state index in [1.165, 1.54) is 4.90 Å². The summed E-state index contributed by atoms with van der Waals surface area (Å²) in [7, 11) is 3.79. The fourth-order valence-electron chi connectivity index (χ4n) is 5.25. The molecule has 0 unspecified atom stereocenters. The Morgan fingerprint density at radius 3 is 2.34 bits per heavy atom. The number of aryl methyl sites for hydroxylation is 2. The SMILES string of the molecule is Cn1cc(-c2cccc(-c3ncc(-c4cnn(C)c4)c(NC4CC5(C4)CN(C(=O)O)C5)n3)c2)cn1. The van der Waals surface area contributed by atoms with E-state index in [0.29, 0.717) is 18.9 Å². The molecule has 178 valence electrons. The average Bonchev–Trinajstić information content (AvgIpc) is 3.42. The number of amides is 1. The quantitative estimate of drug-likeness (QED) is 0.459. The van der Waals surface area contributed by atoms with Gasteiger partial charge in [-0.15, -0.1) is 0 Å². The maximum Gasteiger partial charge on any atom is 0.407 e. The van der Waals surface area contributed by atoms with Crippen LogP contribution in [0.3, 0.4) is 0 Å². The standard InChI is InChI=1S/C25H26N8O2/c1-31-12-18(9-27-31)16-4-3-5-17(6-16)22-26-11-21(19-10-28-32(2)13-19)23(30-22)29-20-7-25(8-20)14-33(15-25)24(34)35/h3-6,9-13,20H,7-8,14-15H2,1-2H3,(H,34,35)(H,26,29,30). The van der Waals surface area contributed by atoms with Crippen molar-refractivity contribution in [3.8, 4) is 33.6 Å². The van der Waals surface area contributed by atoms with Gasteiger partial charge in [0.2, 0.25) is 0 Å². The van der Waals surface area contributed by atoms with Gasteiger partial charge < -0.3 is 15.3 Å². The van der Waals surface area contributed by atoms with Gasteiger partial charge in [-0.3, -0.25) is 9.36 Å². The summed E-state index contributed by atoms with van der Waals surface area (Å²) >= 11 is 0. The summed E-state index contributed by atoms with van der Waals surface area (Å²) in [6.07, 6.45) is 10.5. The predicted molar refractivity (Wildman–Crippen MR) is 131 cm³/mol. The summed E-state index contributed by atoms with van der Waals surface area (Å²) < 4.78 is 3.55. The third kappa shape index (κ3) is 3.90. The van der Waals surface area contributed by atoms with Crippen molar-refractivity contribution in [2.75, 3.05) is 18.4 Å². The molecular weight excluding hydrogens is 444 g/mol. The van der Waals surface area contributed by atoms with Gasteiger partial charge in [0.15, 0.2) is 5.82 Å². The fraction of sp³-hybridized carbons (Fsp3) is 0.320. The van der Waals surface area contributed by atoms with Crippen LogP contribution in [-0.4, -0.2) is 64.8 Å². The van der Waals surface area contributed by atoms with Gasteiger partial charge >= 0.3 is 6.09 Å². The number of carbonyl (C=O) groups is 1. The molecule has 0 bridgehead atoms. The van der Waals surface area contributed by atoms with E-state index in [9.17, 15) is 4.79 Å². The third-order valence-electron chi connectivity index (χ3n) is 6.99. The van der Waals surface area contributed by atoms with Crippen LogP contribution in [0.4, 0.5) is 10.6 Å². The van der Waals surface area contributed by atoms with Crippen molar-refractivity contribution in [2.24, 2.45) is 19.5 Å². The van der Waals surface area contributed by atoms with Gasteiger partial charge in [0.05, 0.1) is 12.4 Å². The molecule has 0 radical (unpaired) electrons. The van der Waals surface area contributed by atoms with E-state index in [1.807, 2.05) is 57.2 Å². The minimum Gasteiger partial charge on any atom is -0.465 e. The second-order valence-electron chi connectivity index (χ2n) is 9.73. The van der Waals surface area contributed by atoms with Crippen LogP contribution >= 0.6 is 0 Å². The highest BCUT2D eigenvalue weighted by atomic mass is 16.4. The molecule has 10 heteroatoms. The lowest BCUT2D eigenvalue weighted by atomic mass is 9.61. The first-order valence-electron chi connectivity index (χ1n) is 11.6. The molecule has 3 aromatic heterocycles. The Kier molecular flexibility index (Phi) is 4.84. The van der Waals surface area contributed by atoms with E-state index >= 15 is 0 Å². The molecule has 4 heterocycles. The Hall–Kier alpha value is -4.21. The molecule has 1 aliphatic carbocycles. The van der Waals surface area contributed by atoms with Crippen LogP contribution in [0.25, 0.3) is 33.6 Å². The number of aromatic nitrogens is 6. The molecule has 2 N–H and O–H groups in total. The molecule has 2 fully saturated rings. The van der Waals surface area contributed by atoms with Gasteiger partial charge in [0, 0.05) is 79.5 Å². The normalized spacial score (nSPS) is 16.7. The van der Waals surface area contributed by atoms with Crippen LogP contribution in [0.2, 0.25) is 0 Å². The molecule has 1 saturated heterocycles. The molecule has 1 aromatic carbocycles. The number of benzene rings is 1. The predicted octanol–water partition coefficient (Wildman–Crippen LogP) is 3.50. The van der Waals surface area contributed by atoms with Crippen molar-refractivity contribution in [3.05, 3.63) is 55.2 Å². The Morgan fingerprint density at radius 1 is 1.00 bits per heavy atom. The summed E-state index contributed by atoms with van der Waals surface area (Å²) in [6.45, 7) is 1.23. The van der Waals surface area contributed by atoms with Gasteiger partial charge in [-0.1, -0.05) is 18.2 Å². The maximum atomic E-state index is 11.2. The minimum atomic E-state index is -0.833. The molecular formula is C25H26N8O2. The summed E-state index contributed by atoms with van der Waals surface area (Å²) in [5, 5.41) is 21.4. The van der Waals surface area contributed by atoms with E-state index in [2.05, 4.69) is 27.6 Å². The number of rotatable bonds is 5. The number of likely N-dealkylation sites (tertiary alicyclic amines) is 1. The second-order valence-corrected chi connectivity index (χ2v) is 9.73. The zero-order valence-electron chi connectivity index (χ0n) is 19.6. The van der Waals surface area contributed by atoms with Crippen LogP contribution in [0.15, 0.2) is 55.2 Å². The van der Waals surface area contributed by atoms with E-state index in [4.69, 9.17) is 15.1 Å². The van der Waals surface area contributed by atoms with Gasteiger partial charge in [-0.05, 0) is 24.5 Å². The van der Waals surface area contributed by atoms with Crippen molar-refractivity contribution >= 4 is 11.9 Å². The first-order chi connectivity index (χ1) is 16.9. The first-order valence-corrected chi connectivity index (χ1v) is 11.6. The maximum absolute atomic E-state index is 11.2. The molecule has 6 rings (SSSR count). The van der Waals surface area contributed by atoms with E-state index in [1.54, 1.807) is 9.36 Å². The molecule has 0 atom stereocenters. The molecule has 35 heavy (non-hydrogen) atoms. The van der Waals surface area contributed by atoms with Gasteiger partial charge in [-0.25, -0.2) is 14.8 Å². The lowest BCUT2D eigenvalue weighted by Crippen LogP contribution is -2.65. The van der Waals surface area contributed by atoms with Crippen molar-refractivity contribution in [1.29, 1.82) is 0 Å². The van der Waals surface area contributed by atoms with Crippen LogP contribution in [0.5, 0.6) is 0 Å². The topological polar surface area (TPSA) is 114 Å². The van der Waals surface area contributed by atoms with Crippen molar-refractivity contribution < 1.29 is 9.90 Å². The smallest absolute Gasteiger partial charge is 0.407 e. The van der Waals surface area contributed by atoms with Gasteiger partial charge in [-0.2, -0.15) is 10.2 Å². The molecule has 1 spiro atoms. The van der Waals surface area contributed by atoms with Crippen LogP contribution in [-0.2, 0) is 14.1 Å². The highest BCUT2D eigenvalue weighted by Gasteiger charge is 2.54. The monoisotopic (exact) mass is 470 g/mol. The van der Waals surface area contributed by atoms with Crippen molar-refractivity contribution in [1.82, 2.24) is 34.4 Å². The minimum absolute atomic E-state index is 0.110. The third-order valence-corrected chi connectivity index (χ3v) is 6.99. The van der Waals surface area contributed by atoms with E-state index in [-0.39, 0.29) is 11.5 Å². The first kappa shape index (κ1) is 21.3. The number of carboxylic acid groups (broad SMARTS) is 1. The molecule has 1 amide bonds.